The third-order valence-electron chi connectivity index (χ3n) is 5.09. The number of alkyl carbamates (subject to hydrolysis) is 1. The number of cyclic esters (lactones) is 1. The van der Waals surface area contributed by atoms with Gasteiger partial charge in [0.2, 0.25) is 5.91 Å². The van der Waals surface area contributed by atoms with Gasteiger partial charge < -0.3 is 15.8 Å². The minimum Gasteiger partial charge on any atom is -0.443 e. The van der Waals surface area contributed by atoms with E-state index in [0.29, 0.717) is 5.56 Å². The number of carbonyl (C=O) groups is 2. The number of rotatable bonds is 4. The van der Waals surface area contributed by atoms with E-state index in [-0.39, 0.29) is 12.2 Å². The Morgan fingerprint density at radius 1 is 1.37 bits per heavy atom. The van der Waals surface area contributed by atoms with E-state index in [9.17, 15) is 14.0 Å². The number of ether oxygens (including phenoxy) is 1. The molecular formula is C19H17FN4O3. The van der Waals surface area contributed by atoms with Crippen molar-refractivity contribution in [2.45, 2.75) is 18.4 Å². The number of halogens is 1. The Morgan fingerprint density at radius 3 is 2.81 bits per heavy atom. The van der Waals surface area contributed by atoms with Crippen molar-refractivity contribution in [2.24, 2.45) is 5.73 Å². The number of benzene rings is 2. The minimum atomic E-state index is -1.37. The van der Waals surface area contributed by atoms with Crippen molar-refractivity contribution in [2.75, 3.05) is 6.54 Å². The van der Waals surface area contributed by atoms with E-state index in [2.05, 4.69) is 10.4 Å². The van der Waals surface area contributed by atoms with Gasteiger partial charge in [-0.3, -0.25) is 4.79 Å². The number of nitrogens with one attached hydrogen (secondary N) is 1. The van der Waals surface area contributed by atoms with E-state index >= 15 is 0 Å². The number of aromatic nitrogens is 2. The first-order valence-corrected chi connectivity index (χ1v) is 8.39. The van der Waals surface area contributed by atoms with Crippen LogP contribution in [0.15, 0.2) is 48.7 Å². The molecule has 2 aromatic carbocycles. The molecule has 0 bridgehead atoms. The van der Waals surface area contributed by atoms with Gasteiger partial charge in [-0.05, 0) is 30.7 Å². The summed E-state index contributed by atoms with van der Waals surface area (Å²) in [5.74, 6) is -1.27. The number of hydrogen-bond acceptors (Lipinski definition) is 4. The fraction of sp³-hybridized carbons (Fsp3) is 0.211. The zero-order valence-electron chi connectivity index (χ0n) is 14.5. The summed E-state index contributed by atoms with van der Waals surface area (Å²) in [6, 6.07) is 11.8. The number of para-hydroxylation sites is 1. The Kier molecular flexibility index (Phi) is 3.83. The number of amides is 2. The smallest absolute Gasteiger partial charge is 0.407 e. The van der Waals surface area contributed by atoms with Gasteiger partial charge in [0.15, 0.2) is 0 Å². The monoisotopic (exact) mass is 368 g/mol. The van der Waals surface area contributed by atoms with E-state index in [1.807, 2.05) is 24.3 Å². The molecule has 7 nitrogen and oxygen atoms in total. The van der Waals surface area contributed by atoms with E-state index < -0.39 is 29.3 Å². The molecule has 1 fully saturated rings. The van der Waals surface area contributed by atoms with Crippen molar-refractivity contribution >= 4 is 22.9 Å². The largest absolute Gasteiger partial charge is 0.443 e. The first-order valence-electron chi connectivity index (χ1n) is 8.39. The Hall–Kier alpha value is -3.42. The van der Waals surface area contributed by atoms with Gasteiger partial charge in [-0.2, -0.15) is 5.10 Å². The maximum atomic E-state index is 15.0. The van der Waals surface area contributed by atoms with Crippen LogP contribution in [0.25, 0.3) is 16.6 Å². The lowest BCUT2D eigenvalue weighted by molar-refractivity contribution is -0.126. The van der Waals surface area contributed by atoms with Crippen LogP contribution in [0.3, 0.4) is 0 Å². The molecule has 8 heteroatoms. The van der Waals surface area contributed by atoms with Crippen LogP contribution in [0.2, 0.25) is 0 Å². The third-order valence-corrected chi connectivity index (χ3v) is 5.09. The summed E-state index contributed by atoms with van der Waals surface area (Å²) < 4.78 is 21.6. The molecule has 2 amide bonds. The van der Waals surface area contributed by atoms with Crippen LogP contribution in [-0.4, -0.2) is 34.4 Å². The van der Waals surface area contributed by atoms with Gasteiger partial charge in [-0.1, -0.05) is 24.3 Å². The van der Waals surface area contributed by atoms with Crippen LogP contribution in [0.5, 0.6) is 0 Å². The SMILES string of the molecule is CC(C(N)=O)(c1ccc(-n2ncc3ccccc32)c(F)c1)C1CNC(=O)O1. The molecule has 1 aliphatic rings. The first-order chi connectivity index (χ1) is 12.9. The fourth-order valence-electron chi connectivity index (χ4n) is 3.36. The summed E-state index contributed by atoms with van der Waals surface area (Å²) in [5.41, 5.74) is 5.55. The highest BCUT2D eigenvalue weighted by Gasteiger charge is 2.47. The van der Waals surface area contributed by atoms with E-state index in [0.717, 1.165) is 10.9 Å². The van der Waals surface area contributed by atoms with Crippen LogP contribution in [-0.2, 0) is 14.9 Å². The third kappa shape index (κ3) is 2.61. The van der Waals surface area contributed by atoms with E-state index in [1.165, 1.54) is 23.7 Å². The number of nitrogens with zero attached hydrogens (tertiary/aromatic N) is 2. The van der Waals surface area contributed by atoms with Crippen molar-refractivity contribution in [3.63, 3.8) is 0 Å². The van der Waals surface area contributed by atoms with Crippen LogP contribution >= 0.6 is 0 Å². The summed E-state index contributed by atoms with van der Waals surface area (Å²) in [7, 11) is 0. The van der Waals surface area contributed by atoms with Crippen molar-refractivity contribution in [3.05, 3.63) is 60.0 Å². The molecule has 2 atom stereocenters. The number of fused-ring (bicyclic) bond motifs is 1. The van der Waals surface area contributed by atoms with Crippen molar-refractivity contribution in [1.82, 2.24) is 15.1 Å². The molecule has 0 aliphatic carbocycles. The van der Waals surface area contributed by atoms with Crippen molar-refractivity contribution in [1.29, 1.82) is 0 Å². The van der Waals surface area contributed by atoms with Gasteiger partial charge in [0.1, 0.15) is 23.0 Å². The summed E-state index contributed by atoms with van der Waals surface area (Å²) >= 11 is 0. The fourth-order valence-corrected chi connectivity index (χ4v) is 3.36. The summed E-state index contributed by atoms with van der Waals surface area (Å²) in [4.78, 5) is 23.6. The van der Waals surface area contributed by atoms with E-state index in [1.54, 1.807) is 12.3 Å². The maximum Gasteiger partial charge on any atom is 0.407 e. The van der Waals surface area contributed by atoms with Gasteiger partial charge >= 0.3 is 6.09 Å². The molecule has 27 heavy (non-hydrogen) atoms. The molecule has 3 N–H and O–H groups in total. The molecule has 1 aliphatic heterocycles. The summed E-state index contributed by atoms with van der Waals surface area (Å²) in [6.07, 6.45) is 0.200. The van der Waals surface area contributed by atoms with Gasteiger partial charge in [0.25, 0.3) is 0 Å². The number of carbonyl (C=O) groups excluding carboxylic acids is 2. The van der Waals surface area contributed by atoms with Crippen LogP contribution in [0, 0.1) is 5.82 Å². The van der Waals surface area contributed by atoms with E-state index in [4.69, 9.17) is 10.5 Å². The quantitative estimate of drug-likeness (QED) is 0.736. The number of primary amides is 1. The second-order valence-corrected chi connectivity index (χ2v) is 6.62. The van der Waals surface area contributed by atoms with Crippen LogP contribution in [0.1, 0.15) is 12.5 Å². The second-order valence-electron chi connectivity index (χ2n) is 6.62. The molecule has 0 radical (unpaired) electrons. The van der Waals surface area contributed by atoms with Crippen molar-refractivity contribution < 1.29 is 18.7 Å². The molecule has 138 valence electrons. The summed E-state index contributed by atoms with van der Waals surface area (Å²) in [5, 5.41) is 7.62. The predicted molar refractivity (Wildman–Crippen MR) is 95.8 cm³/mol. The standard InChI is InChI=1S/C19H17FN4O3/c1-19(17(21)25,16-10-22-18(26)27-16)12-6-7-15(13(20)8-12)24-14-5-3-2-4-11(14)9-23-24/h2-9,16H,10H2,1H3,(H2,21,25)(H,22,26). The second kappa shape index (κ2) is 6.08. The Labute approximate surface area is 153 Å². The molecule has 2 heterocycles. The average Bonchev–Trinajstić information content (AvgIpc) is 3.27. The van der Waals surface area contributed by atoms with Crippen LogP contribution < -0.4 is 11.1 Å². The Balaban J connectivity index is 1.78. The summed E-state index contributed by atoms with van der Waals surface area (Å²) in [6.45, 7) is 1.66. The normalized spacial score (nSPS) is 18.7. The highest BCUT2D eigenvalue weighted by Crippen LogP contribution is 2.33. The van der Waals surface area contributed by atoms with Gasteiger partial charge in [-0.25, -0.2) is 13.9 Å². The zero-order chi connectivity index (χ0) is 19.2. The molecular weight excluding hydrogens is 351 g/mol. The van der Waals surface area contributed by atoms with Gasteiger partial charge in [0.05, 0.1) is 18.3 Å². The molecule has 0 spiro atoms. The molecule has 1 aromatic heterocycles. The maximum absolute atomic E-state index is 15.0. The molecule has 4 rings (SSSR count). The Bertz CT molecular complexity index is 1060. The highest BCUT2D eigenvalue weighted by atomic mass is 19.1. The lowest BCUT2D eigenvalue weighted by Crippen LogP contribution is -2.49. The molecule has 3 aromatic rings. The minimum absolute atomic E-state index is 0.117. The van der Waals surface area contributed by atoms with Gasteiger partial charge in [-0.15, -0.1) is 0 Å². The zero-order valence-corrected chi connectivity index (χ0v) is 14.5. The lowest BCUT2D eigenvalue weighted by Gasteiger charge is -2.31. The molecule has 2 unspecified atom stereocenters. The Morgan fingerprint density at radius 2 is 2.15 bits per heavy atom. The van der Waals surface area contributed by atoms with Crippen molar-refractivity contribution in [3.8, 4) is 5.69 Å². The number of nitrogens with two attached hydrogens (primary N) is 1. The number of hydrogen-bond donors (Lipinski definition) is 2. The first kappa shape index (κ1) is 17.0. The van der Waals surface area contributed by atoms with Gasteiger partial charge in [0, 0.05) is 5.39 Å². The molecule has 0 saturated carbocycles. The van der Waals surface area contributed by atoms with Crippen LogP contribution in [0.4, 0.5) is 9.18 Å². The molecule has 1 saturated heterocycles. The lowest BCUT2D eigenvalue weighted by atomic mass is 9.76. The topological polar surface area (TPSA) is 99.2 Å². The predicted octanol–water partition coefficient (Wildman–Crippen LogP) is 2.02. The highest BCUT2D eigenvalue weighted by molar-refractivity contribution is 5.88. The average molecular weight is 368 g/mol.